The summed E-state index contributed by atoms with van der Waals surface area (Å²) < 4.78 is 0. The van der Waals surface area contributed by atoms with Crippen LogP contribution in [0.25, 0.3) is 0 Å². The van der Waals surface area contributed by atoms with Crippen LogP contribution >= 0.6 is 0 Å². The van der Waals surface area contributed by atoms with Crippen molar-refractivity contribution in [2.75, 3.05) is 0 Å². The van der Waals surface area contributed by atoms with Gasteiger partial charge >= 0.3 is 0 Å². The van der Waals surface area contributed by atoms with Crippen molar-refractivity contribution >= 4 is 0 Å². The van der Waals surface area contributed by atoms with Crippen LogP contribution in [0, 0.1) is 0 Å². The van der Waals surface area contributed by atoms with E-state index in [1.54, 1.807) is 12.4 Å². The Bertz CT molecular complexity index is 198. The molecule has 0 spiro atoms. The number of rotatable bonds is 0. The molecule has 2 aromatic heterocycles. The Hall–Kier alpha value is -1.04. The smallest absolute Gasteiger partial charge is 0.0267 e. The van der Waals surface area contributed by atoms with Crippen molar-refractivity contribution in [2.45, 2.75) is 0 Å². The number of pyridine rings is 1. The maximum Gasteiger partial charge on any atom is 0.0267 e. The molecule has 12 heavy (non-hydrogen) atoms. The van der Waals surface area contributed by atoms with E-state index in [0.717, 1.165) is 0 Å². The molecule has 0 aliphatic heterocycles. The van der Waals surface area contributed by atoms with Gasteiger partial charge in [0.05, 0.1) is 0 Å². The summed E-state index contributed by atoms with van der Waals surface area (Å²) in [5, 5.41) is 0. The maximum absolute atomic E-state index is 3.78. The average Bonchev–Trinajstić information content (AvgIpc) is 2.64. The molecule has 2 rings (SSSR count). The topological polar surface area (TPSA) is 28.7 Å². The standard InChI is InChI=1S/C5H5N.C4H5N.Cr/c1-2-4-6-5-3-1;1-2-4-5-3-1;/h1-5H;1-5H;. The summed E-state index contributed by atoms with van der Waals surface area (Å²) in [5.74, 6) is 0. The van der Waals surface area contributed by atoms with Crippen molar-refractivity contribution in [3.8, 4) is 0 Å². The van der Waals surface area contributed by atoms with Gasteiger partial charge in [-0.2, -0.15) is 0 Å². The van der Waals surface area contributed by atoms with Gasteiger partial charge < -0.3 is 4.98 Å². The van der Waals surface area contributed by atoms with E-state index in [1.807, 2.05) is 42.7 Å². The summed E-state index contributed by atoms with van der Waals surface area (Å²) >= 11 is 0. The molecule has 62 valence electrons. The molecular formula is C9H10CrN2. The van der Waals surface area contributed by atoms with Gasteiger partial charge in [-0.15, -0.1) is 0 Å². The number of H-pyrrole nitrogens is 1. The number of nitrogens with zero attached hydrogens (tertiary/aromatic N) is 1. The molecule has 0 amide bonds. The van der Waals surface area contributed by atoms with Gasteiger partial charge in [-0.25, -0.2) is 0 Å². The van der Waals surface area contributed by atoms with E-state index < -0.39 is 0 Å². The van der Waals surface area contributed by atoms with Gasteiger partial charge in [-0.3, -0.25) is 4.98 Å². The van der Waals surface area contributed by atoms with Crippen LogP contribution in [-0.4, -0.2) is 9.97 Å². The minimum Gasteiger partial charge on any atom is -0.368 e. The van der Waals surface area contributed by atoms with Crippen molar-refractivity contribution in [3.05, 3.63) is 55.1 Å². The molecule has 0 atom stereocenters. The molecule has 2 heterocycles. The number of aromatic amines is 1. The molecule has 1 N–H and O–H groups in total. The Kier molecular flexibility index (Phi) is 7.37. The van der Waals surface area contributed by atoms with Crippen molar-refractivity contribution in [3.63, 3.8) is 0 Å². The predicted molar refractivity (Wildman–Crippen MR) is 45.0 cm³/mol. The van der Waals surface area contributed by atoms with Gasteiger partial charge in [0.2, 0.25) is 0 Å². The zero-order valence-electron chi connectivity index (χ0n) is 6.55. The van der Waals surface area contributed by atoms with Crippen LogP contribution in [-0.2, 0) is 17.4 Å². The van der Waals surface area contributed by atoms with Crippen molar-refractivity contribution < 1.29 is 17.4 Å². The van der Waals surface area contributed by atoms with E-state index >= 15 is 0 Å². The number of hydrogen-bond acceptors (Lipinski definition) is 1. The first-order valence-electron chi connectivity index (χ1n) is 3.43. The summed E-state index contributed by atoms with van der Waals surface area (Å²) in [4.78, 5) is 6.65. The fourth-order valence-corrected chi connectivity index (χ4v) is 0.590. The zero-order chi connectivity index (χ0) is 7.78. The van der Waals surface area contributed by atoms with Gasteiger partial charge in [0.15, 0.2) is 0 Å². The third kappa shape index (κ3) is 5.73. The number of aromatic nitrogens is 2. The van der Waals surface area contributed by atoms with Crippen molar-refractivity contribution in [2.24, 2.45) is 0 Å². The van der Waals surface area contributed by atoms with Crippen LogP contribution in [0.4, 0.5) is 0 Å². The largest absolute Gasteiger partial charge is 0.368 e. The minimum atomic E-state index is 0. The van der Waals surface area contributed by atoms with Crippen LogP contribution in [0.2, 0.25) is 0 Å². The quantitative estimate of drug-likeness (QED) is 0.689. The summed E-state index contributed by atoms with van der Waals surface area (Å²) in [7, 11) is 0. The molecule has 0 aliphatic rings. The molecule has 0 aromatic carbocycles. The number of hydrogen-bond donors (Lipinski definition) is 1. The normalized spacial score (nSPS) is 7.33. The van der Waals surface area contributed by atoms with E-state index in [-0.39, 0.29) is 17.4 Å². The van der Waals surface area contributed by atoms with E-state index in [9.17, 15) is 0 Å². The van der Waals surface area contributed by atoms with Gasteiger partial charge in [-0.1, -0.05) is 6.07 Å². The Morgan fingerprint density at radius 1 is 0.750 bits per heavy atom. The van der Waals surface area contributed by atoms with Crippen molar-refractivity contribution in [1.29, 1.82) is 0 Å². The fraction of sp³-hybridized carbons (Fsp3) is 0. The molecule has 0 unspecified atom stereocenters. The summed E-state index contributed by atoms with van der Waals surface area (Å²) in [6, 6.07) is 9.60. The third-order valence-electron chi connectivity index (χ3n) is 1.06. The Morgan fingerprint density at radius 2 is 1.33 bits per heavy atom. The van der Waals surface area contributed by atoms with Crippen LogP contribution in [0.5, 0.6) is 0 Å². The second-order valence-electron chi connectivity index (χ2n) is 1.91. The first-order chi connectivity index (χ1) is 5.50. The Labute approximate surface area is 82.8 Å². The molecule has 0 fully saturated rings. The summed E-state index contributed by atoms with van der Waals surface area (Å²) in [6.45, 7) is 0. The maximum atomic E-state index is 3.78. The van der Waals surface area contributed by atoms with E-state index in [2.05, 4.69) is 9.97 Å². The molecule has 0 aliphatic carbocycles. The average molecular weight is 198 g/mol. The molecule has 0 bridgehead atoms. The van der Waals surface area contributed by atoms with Crippen molar-refractivity contribution in [1.82, 2.24) is 9.97 Å². The van der Waals surface area contributed by atoms with Crippen LogP contribution in [0.15, 0.2) is 55.1 Å². The van der Waals surface area contributed by atoms with E-state index in [1.165, 1.54) is 0 Å². The predicted octanol–water partition coefficient (Wildman–Crippen LogP) is 2.09. The minimum absolute atomic E-state index is 0. The summed E-state index contributed by atoms with van der Waals surface area (Å²) in [5.41, 5.74) is 0. The third-order valence-corrected chi connectivity index (χ3v) is 1.06. The molecule has 2 aromatic rings. The van der Waals surface area contributed by atoms with Crippen LogP contribution in [0.3, 0.4) is 0 Å². The molecular weight excluding hydrogens is 188 g/mol. The molecule has 2 nitrogen and oxygen atoms in total. The first kappa shape index (κ1) is 11.0. The van der Waals surface area contributed by atoms with Gasteiger partial charge in [0.25, 0.3) is 0 Å². The number of nitrogens with one attached hydrogen (secondary N) is 1. The fourth-order valence-electron chi connectivity index (χ4n) is 0.590. The zero-order valence-corrected chi connectivity index (χ0v) is 7.83. The van der Waals surface area contributed by atoms with E-state index in [4.69, 9.17) is 0 Å². The van der Waals surface area contributed by atoms with Gasteiger partial charge in [0, 0.05) is 42.1 Å². The second-order valence-corrected chi connectivity index (χ2v) is 1.91. The Balaban J connectivity index is 0.000000189. The second kappa shape index (κ2) is 8.06. The monoisotopic (exact) mass is 198 g/mol. The molecule has 0 radical (unpaired) electrons. The molecule has 3 heteroatoms. The molecule has 0 saturated heterocycles. The summed E-state index contributed by atoms with van der Waals surface area (Å²) in [6.07, 6.45) is 7.25. The Morgan fingerprint density at radius 3 is 1.50 bits per heavy atom. The molecule has 0 saturated carbocycles. The van der Waals surface area contributed by atoms with Crippen LogP contribution in [0.1, 0.15) is 0 Å². The van der Waals surface area contributed by atoms with Crippen LogP contribution < -0.4 is 0 Å². The van der Waals surface area contributed by atoms with Gasteiger partial charge in [0.1, 0.15) is 0 Å². The van der Waals surface area contributed by atoms with Gasteiger partial charge in [-0.05, 0) is 24.3 Å². The SMILES string of the molecule is [Cr].c1cc[nH]c1.c1ccncc1. The first-order valence-corrected chi connectivity index (χ1v) is 3.43. The van der Waals surface area contributed by atoms with E-state index in [0.29, 0.717) is 0 Å².